The van der Waals surface area contributed by atoms with Gasteiger partial charge in [-0.2, -0.15) is 0 Å². The van der Waals surface area contributed by atoms with Gasteiger partial charge >= 0.3 is 0 Å². The van der Waals surface area contributed by atoms with Crippen LogP contribution >= 0.6 is 15.9 Å². The van der Waals surface area contributed by atoms with E-state index in [1.54, 1.807) is 6.92 Å². The predicted octanol–water partition coefficient (Wildman–Crippen LogP) is 1.72. The molecular formula is C11H15BrN2O. The van der Waals surface area contributed by atoms with Crippen LogP contribution in [-0.4, -0.2) is 11.9 Å². The van der Waals surface area contributed by atoms with Crippen molar-refractivity contribution in [2.24, 2.45) is 5.73 Å². The quantitative estimate of drug-likeness (QED) is 0.879. The third kappa shape index (κ3) is 3.64. The van der Waals surface area contributed by atoms with Crippen molar-refractivity contribution >= 4 is 21.8 Å². The van der Waals surface area contributed by atoms with Crippen molar-refractivity contribution in [1.82, 2.24) is 5.32 Å². The summed E-state index contributed by atoms with van der Waals surface area (Å²) in [5, 5.41) is 2.78. The lowest BCUT2D eigenvalue weighted by molar-refractivity contribution is -0.122. The fourth-order valence-electron chi connectivity index (χ4n) is 1.20. The lowest BCUT2D eigenvalue weighted by Gasteiger charge is -2.10. The molecule has 3 nitrogen and oxygen atoms in total. The zero-order valence-corrected chi connectivity index (χ0v) is 10.5. The lowest BCUT2D eigenvalue weighted by Crippen LogP contribution is -2.37. The Bertz CT molecular complexity index is 364. The first kappa shape index (κ1) is 12.2. The van der Waals surface area contributed by atoms with Crippen LogP contribution in [0.25, 0.3) is 0 Å². The molecule has 0 saturated carbocycles. The van der Waals surface area contributed by atoms with E-state index in [4.69, 9.17) is 5.73 Å². The molecule has 0 heterocycles. The van der Waals surface area contributed by atoms with Crippen LogP contribution in [0.4, 0.5) is 0 Å². The second-order valence-electron chi connectivity index (χ2n) is 3.58. The Kier molecular flexibility index (Phi) is 4.29. The third-order valence-corrected chi connectivity index (χ3v) is 2.66. The van der Waals surface area contributed by atoms with E-state index in [1.165, 1.54) is 0 Å². The highest BCUT2D eigenvalue weighted by molar-refractivity contribution is 9.10. The van der Waals surface area contributed by atoms with Gasteiger partial charge in [0, 0.05) is 11.0 Å². The number of halogens is 1. The number of carbonyl (C=O) groups excluding carboxylic acids is 1. The van der Waals surface area contributed by atoms with Crippen LogP contribution in [0.1, 0.15) is 18.1 Å². The highest BCUT2D eigenvalue weighted by Gasteiger charge is 2.07. The number of carbonyl (C=O) groups is 1. The van der Waals surface area contributed by atoms with Gasteiger partial charge in [-0.3, -0.25) is 4.79 Å². The van der Waals surface area contributed by atoms with E-state index in [9.17, 15) is 4.79 Å². The van der Waals surface area contributed by atoms with Crippen LogP contribution in [0.5, 0.6) is 0 Å². The molecule has 0 saturated heterocycles. The predicted molar refractivity (Wildman–Crippen MR) is 64.4 cm³/mol. The summed E-state index contributed by atoms with van der Waals surface area (Å²) < 4.78 is 1.04. The van der Waals surface area contributed by atoms with Crippen molar-refractivity contribution in [2.45, 2.75) is 26.4 Å². The Morgan fingerprint density at radius 1 is 1.60 bits per heavy atom. The van der Waals surface area contributed by atoms with Crippen LogP contribution in [0.15, 0.2) is 22.7 Å². The molecule has 0 aliphatic heterocycles. The highest BCUT2D eigenvalue weighted by atomic mass is 79.9. The summed E-state index contributed by atoms with van der Waals surface area (Å²) in [4.78, 5) is 11.2. The second-order valence-corrected chi connectivity index (χ2v) is 4.49. The van der Waals surface area contributed by atoms with Gasteiger partial charge in [0.05, 0.1) is 6.04 Å². The van der Waals surface area contributed by atoms with E-state index >= 15 is 0 Å². The maximum absolute atomic E-state index is 11.2. The van der Waals surface area contributed by atoms with Crippen LogP contribution < -0.4 is 11.1 Å². The summed E-state index contributed by atoms with van der Waals surface area (Å²) in [5.41, 5.74) is 7.69. The minimum Gasteiger partial charge on any atom is -0.351 e. The van der Waals surface area contributed by atoms with Gasteiger partial charge in [-0.15, -0.1) is 0 Å². The first-order valence-electron chi connectivity index (χ1n) is 4.79. The number of amides is 1. The number of nitrogens with two attached hydrogens (primary N) is 1. The van der Waals surface area contributed by atoms with Gasteiger partial charge in [-0.1, -0.05) is 22.0 Å². The number of rotatable bonds is 3. The largest absolute Gasteiger partial charge is 0.351 e. The third-order valence-electron chi connectivity index (χ3n) is 2.17. The van der Waals surface area contributed by atoms with Crippen molar-refractivity contribution in [3.05, 3.63) is 33.8 Å². The van der Waals surface area contributed by atoms with E-state index in [2.05, 4.69) is 21.2 Å². The van der Waals surface area contributed by atoms with E-state index in [0.717, 1.165) is 15.6 Å². The average Bonchev–Trinajstić information content (AvgIpc) is 2.15. The van der Waals surface area contributed by atoms with Gasteiger partial charge in [-0.05, 0) is 37.1 Å². The maximum atomic E-state index is 11.2. The van der Waals surface area contributed by atoms with E-state index in [-0.39, 0.29) is 5.91 Å². The Balaban J connectivity index is 2.62. The Morgan fingerprint density at radius 2 is 2.27 bits per heavy atom. The molecule has 0 radical (unpaired) electrons. The molecule has 1 atom stereocenters. The fraction of sp³-hybridized carbons (Fsp3) is 0.364. The number of hydrogen-bond donors (Lipinski definition) is 2. The van der Waals surface area contributed by atoms with Gasteiger partial charge in [0.1, 0.15) is 0 Å². The van der Waals surface area contributed by atoms with E-state index < -0.39 is 6.04 Å². The first-order valence-corrected chi connectivity index (χ1v) is 5.58. The standard InChI is InChI=1S/C11H15BrN2O/c1-7-5-10(12)4-3-9(7)6-14-11(15)8(2)13/h3-5,8H,6,13H2,1-2H3,(H,14,15). The average molecular weight is 271 g/mol. The molecule has 4 heteroatoms. The minimum atomic E-state index is -0.458. The van der Waals surface area contributed by atoms with Crippen LogP contribution in [0.2, 0.25) is 0 Å². The monoisotopic (exact) mass is 270 g/mol. The van der Waals surface area contributed by atoms with Crippen molar-refractivity contribution in [1.29, 1.82) is 0 Å². The second kappa shape index (κ2) is 5.28. The Labute approximate surface area is 98.2 Å². The normalized spacial score (nSPS) is 12.3. The van der Waals surface area contributed by atoms with Crippen LogP contribution in [0, 0.1) is 6.92 Å². The summed E-state index contributed by atoms with van der Waals surface area (Å²) in [6.07, 6.45) is 0. The molecule has 0 spiro atoms. The molecule has 82 valence electrons. The zero-order valence-electron chi connectivity index (χ0n) is 8.88. The van der Waals surface area contributed by atoms with Crippen molar-refractivity contribution in [3.63, 3.8) is 0 Å². The van der Waals surface area contributed by atoms with E-state index in [1.807, 2.05) is 25.1 Å². The summed E-state index contributed by atoms with van der Waals surface area (Å²) in [6, 6.07) is 5.51. The molecule has 3 N–H and O–H groups in total. The molecule has 0 fully saturated rings. The van der Waals surface area contributed by atoms with Gasteiger partial charge in [-0.25, -0.2) is 0 Å². The SMILES string of the molecule is Cc1cc(Br)ccc1CNC(=O)C(C)N. The number of benzene rings is 1. The number of hydrogen-bond acceptors (Lipinski definition) is 2. The van der Waals surface area contributed by atoms with Crippen molar-refractivity contribution < 1.29 is 4.79 Å². The minimum absolute atomic E-state index is 0.127. The molecule has 0 aliphatic rings. The molecule has 1 aromatic carbocycles. The molecule has 1 amide bonds. The lowest BCUT2D eigenvalue weighted by atomic mass is 10.1. The first-order chi connectivity index (χ1) is 7.00. The van der Waals surface area contributed by atoms with Gasteiger partial charge in [0.25, 0.3) is 0 Å². The molecule has 1 unspecified atom stereocenters. The summed E-state index contributed by atoms with van der Waals surface area (Å²) in [6.45, 7) is 4.21. The van der Waals surface area contributed by atoms with Gasteiger partial charge < -0.3 is 11.1 Å². The van der Waals surface area contributed by atoms with Gasteiger partial charge in [0.2, 0.25) is 5.91 Å². The Morgan fingerprint density at radius 3 is 2.80 bits per heavy atom. The molecule has 1 aromatic rings. The molecule has 0 aromatic heterocycles. The summed E-state index contributed by atoms with van der Waals surface area (Å²) >= 11 is 3.39. The molecular weight excluding hydrogens is 256 g/mol. The van der Waals surface area contributed by atoms with E-state index in [0.29, 0.717) is 6.54 Å². The molecule has 0 bridgehead atoms. The van der Waals surface area contributed by atoms with Crippen LogP contribution in [0.3, 0.4) is 0 Å². The fourth-order valence-corrected chi connectivity index (χ4v) is 1.68. The molecule has 0 aliphatic carbocycles. The smallest absolute Gasteiger partial charge is 0.236 e. The van der Waals surface area contributed by atoms with Gasteiger partial charge in [0.15, 0.2) is 0 Å². The zero-order chi connectivity index (χ0) is 11.4. The highest BCUT2D eigenvalue weighted by Crippen LogP contribution is 2.15. The summed E-state index contributed by atoms with van der Waals surface area (Å²) in [7, 11) is 0. The van der Waals surface area contributed by atoms with Crippen molar-refractivity contribution in [3.8, 4) is 0 Å². The molecule has 1 rings (SSSR count). The Hall–Kier alpha value is -0.870. The number of aryl methyl sites for hydroxylation is 1. The topological polar surface area (TPSA) is 55.1 Å². The van der Waals surface area contributed by atoms with Crippen molar-refractivity contribution in [2.75, 3.05) is 0 Å². The van der Waals surface area contributed by atoms with Crippen LogP contribution in [-0.2, 0) is 11.3 Å². The molecule has 15 heavy (non-hydrogen) atoms. The number of nitrogens with one attached hydrogen (secondary N) is 1. The maximum Gasteiger partial charge on any atom is 0.236 e. The summed E-state index contributed by atoms with van der Waals surface area (Å²) in [5.74, 6) is -0.127.